The van der Waals surface area contributed by atoms with Crippen molar-refractivity contribution in [1.82, 2.24) is 4.57 Å². The summed E-state index contributed by atoms with van der Waals surface area (Å²) in [4.78, 5) is 0. The first-order chi connectivity index (χ1) is 16.0. The Balaban J connectivity index is 1.51. The molecule has 0 unspecified atom stereocenters. The number of hydrogen-bond donors (Lipinski definition) is 0. The topological polar surface area (TPSA) is 4.93 Å². The zero-order valence-corrected chi connectivity index (χ0v) is 20.2. The summed E-state index contributed by atoms with van der Waals surface area (Å²) in [7, 11) is 0.515. The van der Waals surface area contributed by atoms with Gasteiger partial charge in [0.1, 0.15) is 8.07 Å². The van der Waals surface area contributed by atoms with Crippen molar-refractivity contribution in [2.45, 2.75) is 13.1 Å². The molecule has 1 nitrogen and oxygen atoms in total. The molecule has 0 radical (unpaired) electrons. The average Bonchev–Trinajstić information content (AvgIpc) is 3.26. The van der Waals surface area contributed by atoms with Gasteiger partial charge in [0, 0.05) is 28.9 Å². The van der Waals surface area contributed by atoms with E-state index in [1.807, 2.05) is 0 Å². The highest BCUT2D eigenvalue weighted by Gasteiger charge is 2.37. The Morgan fingerprint density at radius 1 is 0.576 bits per heavy atom. The summed E-state index contributed by atoms with van der Waals surface area (Å²) in [6.07, 6.45) is 0. The molecule has 0 spiro atoms. The maximum Gasteiger partial charge on any atom is 0.113 e. The van der Waals surface area contributed by atoms with Crippen LogP contribution in [0.25, 0.3) is 54.8 Å². The minimum absolute atomic E-state index is 1.29. The quantitative estimate of drug-likeness (QED) is 0.244. The monoisotopic (exact) mass is 439 g/mol. The van der Waals surface area contributed by atoms with Crippen LogP contribution >= 0.6 is 0 Å². The molecule has 0 bridgehead atoms. The van der Waals surface area contributed by atoms with Crippen LogP contribution in [0.4, 0.5) is 0 Å². The number of rotatable bonds is 1. The van der Waals surface area contributed by atoms with Gasteiger partial charge in [-0.15, -0.1) is 0 Å². The molecule has 0 saturated carbocycles. The van der Waals surface area contributed by atoms with Gasteiger partial charge in [-0.1, -0.05) is 98.0 Å². The normalized spacial score (nSPS) is 14.2. The zero-order valence-electron chi connectivity index (χ0n) is 19.2. The standard InChI is InChI=1S/C31H25NSi/c1-32-28-18-21-10-5-4-9-20(21)17-27(28)26-13-8-12-23(31(26)32)22-15-16-25-24-11-6-7-14-29(24)33(2,3)30(25)19-22/h4-19H,1-3H3. The number of aromatic nitrogens is 1. The van der Waals surface area contributed by atoms with E-state index in [1.54, 1.807) is 10.4 Å². The van der Waals surface area contributed by atoms with E-state index in [2.05, 4.69) is 122 Å². The molecule has 7 rings (SSSR count). The lowest BCUT2D eigenvalue weighted by Crippen LogP contribution is -2.49. The first-order valence-electron chi connectivity index (χ1n) is 11.7. The first-order valence-corrected chi connectivity index (χ1v) is 14.7. The molecule has 6 aromatic rings. The van der Waals surface area contributed by atoms with Crippen LogP contribution in [-0.4, -0.2) is 12.6 Å². The van der Waals surface area contributed by atoms with Gasteiger partial charge in [0.2, 0.25) is 0 Å². The van der Waals surface area contributed by atoms with E-state index in [0.717, 1.165) is 0 Å². The molecule has 0 atom stereocenters. The highest BCUT2D eigenvalue weighted by Crippen LogP contribution is 2.38. The van der Waals surface area contributed by atoms with Gasteiger partial charge in [-0.25, -0.2) is 0 Å². The Morgan fingerprint density at radius 3 is 2.12 bits per heavy atom. The van der Waals surface area contributed by atoms with Crippen LogP contribution in [0.15, 0.2) is 97.1 Å². The summed E-state index contributed by atoms with van der Waals surface area (Å²) < 4.78 is 2.39. The summed E-state index contributed by atoms with van der Waals surface area (Å²) in [5, 5.41) is 8.37. The van der Waals surface area contributed by atoms with Crippen LogP contribution in [0.5, 0.6) is 0 Å². The van der Waals surface area contributed by atoms with Gasteiger partial charge in [0.05, 0.1) is 5.52 Å². The second kappa shape index (κ2) is 6.46. The SMILES string of the molecule is Cn1c2cc3ccccc3cc2c2cccc(-c3ccc4c(c3)[Si](C)(C)c3ccccc3-4)c21. The van der Waals surface area contributed by atoms with Crippen molar-refractivity contribution in [2.24, 2.45) is 7.05 Å². The average molecular weight is 440 g/mol. The Bertz CT molecular complexity index is 1750. The first kappa shape index (κ1) is 18.9. The third kappa shape index (κ3) is 2.47. The molecule has 0 fully saturated rings. The molecule has 0 saturated heterocycles. The van der Waals surface area contributed by atoms with Crippen molar-refractivity contribution in [2.75, 3.05) is 0 Å². The largest absolute Gasteiger partial charge is 0.343 e. The van der Waals surface area contributed by atoms with E-state index in [0.29, 0.717) is 0 Å². The van der Waals surface area contributed by atoms with Gasteiger partial charge in [-0.3, -0.25) is 0 Å². The van der Waals surface area contributed by atoms with Crippen molar-refractivity contribution >= 4 is 51.0 Å². The number of para-hydroxylation sites is 1. The van der Waals surface area contributed by atoms with Gasteiger partial charge in [-0.2, -0.15) is 0 Å². The molecule has 2 heteroatoms. The predicted octanol–water partition coefficient (Wildman–Crippen LogP) is 6.95. The van der Waals surface area contributed by atoms with E-state index in [4.69, 9.17) is 0 Å². The fraction of sp³-hybridized carbons (Fsp3) is 0.0968. The number of benzene rings is 5. The fourth-order valence-electron chi connectivity index (χ4n) is 6.07. The molecular formula is C31H25NSi. The van der Waals surface area contributed by atoms with Gasteiger partial charge in [-0.05, 0) is 50.0 Å². The lowest BCUT2D eigenvalue weighted by molar-refractivity contribution is 1.02. The molecule has 33 heavy (non-hydrogen) atoms. The smallest absolute Gasteiger partial charge is 0.113 e. The molecular weight excluding hydrogens is 414 g/mol. The maximum absolute atomic E-state index is 2.49. The molecule has 1 aliphatic rings. The summed E-state index contributed by atoms with van der Waals surface area (Å²) in [5.74, 6) is 0. The Morgan fingerprint density at radius 2 is 1.27 bits per heavy atom. The van der Waals surface area contributed by atoms with Gasteiger partial charge in [0.25, 0.3) is 0 Å². The molecule has 0 aliphatic carbocycles. The molecule has 0 amide bonds. The summed E-state index contributed by atoms with van der Waals surface area (Å²) >= 11 is 0. The predicted molar refractivity (Wildman–Crippen MR) is 146 cm³/mol. The van der Waals surface area contributed by atoms with E-state index in [-0.39, 0.29) is 0 Å². The van der Waals surface area contributed by atoms with Crippen LogP contribution in [0.1, 0.15) is 0 Å². The zero-order chi connectivity index (χ0) is 22.3. The highest BCUT2D eigenvalue weighted by molar-refractivity contribution is 7.03. The van der Waals surface area contributed by atoms with Gasteiger partial charge >= 0.3 is 0 Å². The third-order valence-corrected chi connectivity index (χ3v) is 11.3. The van der Waals surface area contributed by atoms with E-state index in [1.165, 1.54) is 54.8 Å². The Labute approximate surface area is 194 Å². The number of hydrogen-bond acceptors (Lipinski definition) is 0. The second-order valence-electron chi connectivity index (χ2n) is 9.91. The molecule has 0 N–H and O–H groups in total. The van der Waals surface area contributed by atoms with Crippen LogP contribution < -0.4 is 10.4 Å². The van der Waals surface area contributed by atoms with E-state index in [9.17, 15) is 0 Å². The highest BCUT2D eigenvalue weighted by atomic mass is 28.3. The van der Waals surface area contributed by atoms with Crippen molar-refractivity contribution < 1.29 is 0 Å². The molecule has 1 aromatic heterocycles. The second-order valence-corrected chi connectivity index (χ2v) is 14.2. The van der Waals surface area contributed by atoms with Crippen LogP contribution in [0.2, 0.25) is 13.1 Å². The number of aryl methyl sites for hydroxylation is 1. The third-order valence-electron chi connectivity index (χ3n) is 7.78. The Kier molecular flexibility index (Phi) is 3.70. The van der Waals surface area contributed by atoms with Gasteiger partial charge < -0.3 is 4.57 Å². The van der Waals surface area contributed by atoms with Crippen molar-refractivity contribution in [1.29, 1.82) is 0 Å². The van der Waals surface area contributed by atoms with Crippen LogP contribution in [-0.2, 0) is 7.05 Å². The van der Waals surface area contributed by atoms with E-state index < -0.39 is 8.07 Å². The summed E-state index contributed by atoms with van der Waals surface area (Å²) in [6, 6.07) is 36.3. The lowest BCUT2D eigenvalue weighted by atomic mass is 9.98. The minimum atomic E-state index is -1.70. The fourth-order valence-corrected chi connectivity index (χ4v) is 9.17. The summed E-state index contributed by atoms with van der Waals surface area (Å²) in [5.41, 5.74) is 8.12. The van der Waals surface area contributed by atoms with Crippen molar-refractivity contribution in [3.05, 3.63) is 97.1 Å². The molecule has 5 aromatic carbocycles. The molecule has 2 heterocycles. The number of nitrogens with zero attached hydrogens (tertiary/aromatic N) is 1. The maximum atomic E-state index is 2.49. The molecule has 158 valence electrons. The Hall–Kier alpha value is -3.62. The lowest BCUT2D eigenvalue weighted by Gasteiger charge is -2.19. The summed E-state index contributed by atoms with van der Waals surface area (Å²) in [6.45, 7) is 4.98. The van der Waals surface area contributed by atoms with Crippen molar-refractivity contribution in [3.8, 4) is 22.3 Å². The number of fused-ring (bicyclic) bond motifs is 7. The van der Waals surface area contributed by atoms with E-state index >= 15 is 0 Å². The minimum Gasteiger partial charge on any atom is -0.343 e. The van der Waals surface area contributed by atoms with Crippen LogP contribution in [0, 0.1) is 0 Å². The molecule has 1 aliphatic heterocycles. The van der Waals surface area contributed by atoms with Crippen LogP contribution in [0.3, 0.4) is 0 Å². The van der Waals surface area contributed by atoms with Gasteiger partial charge in [0.15, 0.2) is 0 Å². The van der Waals surface area contributed by atoms with Crippen molar-refractivity contribution in [3.63, 3.8) is 0 Å².